The molecule has 0 saturated carbocycles. The molecule has 0 unspecified atom stereocenters. The van der Waals surface area contributed by atoms with Crippen LogP contribution < -0.4 is 15.2 Å². The number of nitrogens with two attached hydrogens (primary N) is 1. The van der Waals surface area contributed by atoms with Crippen molar-refractivity contribution in [3.05, 3.63) is 30.0 Å². The van der Waals surface area contributed by atoms with E-state index in [1.54, 1.807) is 18.2 Å². The first-order chi connectivity index (χ1) is 14.3. The Labute approximate surface area is 173 Å². The van der Waals surface area contributed by atoms with Gasteiger partial charge in [-0.25, -0.2) is 4.39 Å². The third kappa shape index (κ3) is 4.59. The molecule has 0 bridgehead atoms. The minimum atomic E-state index is -1.40. The van der Waals surface area contributed by atoms with E-state index >= 15 is 0 Å². The fraction of sp³-hybridized carbons (Fsp3) is 0.429. The first-order valence-electron chi connectivity index (χ1n) is 9.64. The summed E-state index contributed by atoms with van der Waals surface area (Å²) in [5, 5.41) is 9.21. The summed E-state index contributed by atoms with van der Waals surface area (Å²) in [6.45, 7) is 3.83. The van der Waals surface area contributed by atoms with Crippen molar-refractivity contribution in [3.63, 3.8) is 0 Å². The van der Waals surface area contributed by atoms with Crippen LogP contribution in [0.2, 0.25) is 0 Å². The summed E-state index contributed by atoms with van der Waals surface area (Å²) < 4.78 is 26.4. The summed E-state index contributed by atoms with van der Waals surface area (Å²) in [5.74, 6) is -0.327. The van der Waals surface area contributed by atoms with Gasteiger partial charge < -0.3 is 20.1 Å². The Hall–Kier alpha value is -3.41. The maximum absolute atomic E-state index is 14.7. The third-order valence-corrected chi connectivity index (χ3v) is 4.77. The highest BCUT2D eigenvalue weighted by Crippen LogP contribution is 2.33. The molecule has 1 aromatic heterocycles. The summed E-state index contributed by atoms with van der Waals surface area (Å²) >= 11 is 0. The summed E-state index contributed by atoms with van der Waals surface area (Å²) in [6, 6.07) is 6.55. The lowest BCUT2D eigenvalue weighted by molar-refractivity contribution is -0.133. The second-order valence-electron chi connectivity index (χ2n) is 7.34. The predicted octanol–water partition coefficient (Wildman–Crippen LogP) is 2.35. The number of pyridine rings is 1. The number of alkyl halides is 1. The van der Waals surface area contributed by atoms with Crippen LogP contribution in [0, 0.1) is 11.3 Å². The third-order valence-electron chi connectivity index (χ3n) is 4.77. The van der Waals surface area contributed by atoms with Crippen LogP contribution in [-0.2, 0) is 4.79 Å². The number of hydrogen-bond acceptors (Lipinski definition) is 6. The van der Waals surface area contributed by atoms with E-state index in [0.29, 0.717) is 28.9 Å². The van der Waals surface area contributed by atoms with Crippen LogP contribution in [0.3, 0.4) is 0 Å². The second-order valence-corrected chi connectivity index (χ2v) is 7.34. The lowest BCUT2D eigenvalue weighted by Crippen LogP contribution is -2.49. The van der Waals surface area contributed by atoms with Crippen molar-refractivity contribution in [2.75, 3.05) is 13.1 Å². The monoisotopic (exact) mass is 414 g/mol. The number of likely N-dealkylation sites (tertiary alicyclic amines) is 1. The van der Waals surface area contributed by atoms with E-state index in [1.807, 2.05) is 13.8 Å². The molecule has 1 aromatic carbocycles. The summed E-state index contributed by atoms with van der Waals surface area (Å²) in [4.78, 5) is 29.2. The van der Waals surface area contributed by atoms with Crippen molar-refractivity contribution in [1.82, 2.24) is 9.88 Å². The number of piperidine rings is 1. The number of amides is 2. The molecule has 1 aliphatic heterocycles. The van der Waals surface area contributed by atoms with Gasteiger partial charge in [-0.05, 0) is 32.0 Å². The number of rotatable bonds is 6. The van der Waals surface area contributed by atoms with E-state index in [-0.39, 0.29) is 37.0 Å². The molecule has 3 rings (SSSR count). The summed E-state index contributed by atoms with van der Waals surface area (Å²) in [5.41, 5.74) is 6.14. The molecule has 2 N–H and O–H groups in total. The Morgan fingerprint density at radius 1 is 1.40 bits per heavy atom. The topological polar surface area (TPSA) is 119 Å². The Morgan fingerprint density at radius 3 is 2.80 bits per heavy atom. The van der Waals surface area contributed by atoms with Crippen molar-refractivity contribution < 1.29 is 23.5 Å². The van der Waals surface area contributed by atoms with E-state index in [9.17, 15) is 14.0 Å². The van der Waals surface area contributed by atoms with Crippen LogP contribution in [-0.4, -0.2) is 53.2 Å². The van der Waals surface area contributed by atoms with E-state index in [1.165, 1.54) is 17.2 Å². The van der Waals surface area contributed by atoms with E-state index < -0.39 is 18.2 Å². The van der Waals surface area contributed by atoms with Gasteiger partial charge in [0.1, 0.15) is 24.0 Å². The molecular weight excluding hydrogens is 391 g/mol. The fourth-order valence-corrected chi connectivity index (χ4v) is 3.38. The molecule has 9 heteroatoms. The highest BCUT2D eigenvalue weighted by atomic mass is 19.1. The van der Waals surface area contributed by atoms with Crippen LogP contribution in [0.1, 0.15) is 37.0 Å². The number of halogens is 1. The Balaban J connectivity index is 1.87. The van der Waals surface area contributed by atoms with Crippen LogP contribution in [0.25, 0.3) is 10.9 Å². The average Bonchev–Trinajstić information content (AvgIpc) is 2.69. The number of nitriles is 1. The quantitative estimate of drug-likeness (QED) is 0.775. The zero-order valence-corrected chi connectivity index (χ0v) is 16.8. The van der Waals surface area contributed by atoms with Gasteiger partial charge in [0, 0.05) is 24.5 Å². The molecule has 2 heterocycles. The van der Waals surface area contributed by atoms with E-state index in [2.05, 4.69) is 4.98 Å². The molecule has 2 atom stereocenters. The van der Waals surface area contributed by atoms with Crippen LogP contribution >= 0.6 is 0 Å². The highest BCUT2D eigenvalue weighted by molar-refractivity contribution is 6.01. The zero-order chi connectivity index (χ0) is 21.8. The highest BCUT2D eigenvalue weighted by Gasteiger charge is 2.33. The second kappa shape index (κ2) is 8.95. The lowest BCUT2D eigenvalue weighted by Gasteiger charge is -2.34. The molecule has 1 aliphatic rings. The van der Waals surface area contributed by atoms with E-state index in [0.717, 1.165) is 0 Å². The van der Waals surface area contributed by atoms with Gasteiger partial charge in [-0.3, -0.25) is 14.6 Å². The Morgan fingerprint density at radius 2 is 2.17 bits per heavy atom. The van der Waals surface area contributed by atoms with Gasteiger partial charge in [-0.2, -0.15) is 5.26 Å². The molecular formula is C21H23FN4O4. The van der Waals surface area contributed by atoms with Gasteiger partial charge in [0.05, 0.1) is 29.8 Å². The van der Waals surface area contributed by atoms with Crippen LogP contribution in [0.4, 0.5) is 4.39 Å². The molecule has 8 nitrogen and oxygen atoms in total. The van der Waals surface area contributed by atoms with Gasteiger partial charge in [0.15, 0.2) is 6.17 Å². The largest absolute Gasteiger partial charge is 0.490 e. The van der Waals surface area contributed by atoms with Crippen LogP contribution in [0.5, 0.6) is 11.5 Å². The van der Waals surface area contributed by atoms with Crippen molar-refractivity contribution in [3.8, 4) is 17.6 Å². The van der Waals surface area contributed by atoms with E-state index in [4.69, 9.17) is 20.5 Å². The maximum atomic E-state index is 14.7. The standard InChI is InChI=1S/C21H23FN4O4/c1-12(2)29-19-10-13-16(9-14(19)21(24)28)25-7-4-17(13)30-18-5-8-26(11-15(18)22)20(27)3-6-23/h4,7,9-10,12,15,18H,3,5,8,11H2,1-2H3,(H2,24,28)/t15-,18+/m1/s1. The first kappa shape index (κ1) is 21.3. The molecule has 0 radical (unpaired) electrons. The number of hydrogen-bond donors (Lipinski definition) is 1. The molecule has 2 aromatic rings. The van der Waals surface area contributed by atoms with Gasteiger partial charge in [-0.1, -0.05) is 0 Å². The summed E-state index contributed by atoms with van der Waals surface area (Å²) in [6.07, 6.45) is -0.824. The maximum Gasteiger partial charge on any atom is 0.252 e. The molecule has 0 spiro atoms. The minimum Gasteiger partial charge on any atom is -0.490 e. The van der Waals surface area contributed by atoms with Gasteiger partial charge in [0.2, 0.25) is 5.91 Å². The predicted molar refractivity (Wildman–Crippen MR) is 107 cm³/mol. The molecule has 30 heavy (non-hydrogen) atoms. The summed E-state index contributed by atoms with van der Waals surface area (Å²) in [7, 11) is 0. The molecule has 158 valence electrons. The number of benzene rings is 1. The number of aromatic nitrogens is 1. The molecule has 2 amide bonds. The van der Waals surface area contributed by atoms with Gasteiger partial charge in [-0.15, -0.1) is 0 Å². The number of carbonyl (C=O) groups is 2. The smallest absolute Gasteiger partial charge is 0.252 e. The average molecular weight is 414 g/mol. The number of fused-ring (bicyclic) bond motifs is 1. The number of nitrogens with zero attached hydrogens (tertiary/aromatic N) is 3. The van der Waals surface area contributed by atoms with Crippen LogP contribution in [0.15, 0.2) is 24.4 Å². The normalized spacial score (nSPS) is 18.8. The van der Waals surface area contributed by atoms with Gasteiger partial charge in [0.25, 0.3) is 5.91 Å². The Bertz CT molecular complexity index is 1000. The Kier molecular flexibility index (Phi) is 6.35. The molecule has 1 saturated heterocycles. The zero-order valence-electron chi connectivity index (χ0n) is 16.8. The number of carbonyl (C=O) groups excluding carboxylic acids is 2. The van der Waals surface area contributed by atoms with Crippen molar-refractivity contribution in [1.29, 1.82) is 5.26 Å². The lowest BCUT2D eigenvalue weighted by atomic mass is 10.0. The fourth-order valence-electron chi connectivity index (χ4n) is 3.38. The molecule has 0 aliphatic carbocycles. The van der Waals surface area contributed by atoms with Crippen molar-refractivity contribution >= 4 is 22.7 Å². The minimum absolute atomic E-state index is 0.123. The van der Waals surface area contributed by atoms with Gasteiger partial charge >= 0.3 is 0 Å². The number of primary amides is 1. The first-order valence-corrected chi connectivity index (χ1v) is 9.64. The van der Waals surface area contributed by atoms with Crippen molar-refractivity contribution in [2.45, 2.75) is 45.1 Å². The van der Waals surface area contributed by atoms with Crippen molar-refractivity contribution in [2.24, 2.45) is 5.73 Å². The SMILES string of the molecule is CC(C)Oc1cc2c(O[C@H]3CCN(C(=O)CC#N)C[C@H]3F)ccnc2cc1C(N)=O. The number of ether oxygens (including phenoxy) is 2. The molecule has 1 fully saturated rings.